The number of fused-ring (bicyclic) bond motifs is 1. The van der Waals surface area contributed by atoms with Gasteiger partial charge in [-0.3, -0.25) is 4.72 Å². The molecule has 7 heteroatoms. The summed E-state index contributed by atoms with van der Waals surface area (Å²) in [7, 11) is -4.06. The van der Waals surface area contributed by atoms with Crippen molar-refractivity contribution in [3.05, 3.63) is 89.2 Å². The first kappa shape index (κ1) is 20.9. The summed E-state index contributed by atoms with van der Waals surface area (Å²) >= 11 is 0. The van der Waals surface area contributed by atoms with Crippen molar-refractivity contribution in [1.82, 2.24) is 0 Å². The van der Waals surface area contributed by atoms with E-state index >= 15 is 0 Å². The molecule has 0 bridgehead atoms. The molecule has 1 atom stereocenters. The Morgan fingerprint density at radius 3 is 2.58 bits per heavy atom. The summed E-state index contributed by atoms with van der Waals surface area (Å²) in [4.78, 5) is -0.398. The number of hydrogen-bond donors (Lipinski definition) is 2. The minimum absolute atomic E-state index is 0.116. The molecule has 1 unspecified atom stereocenters. The summed E-state index contributed by atoms with van der Waals surface area (Å²) in [6.45, 7) is 4.26. The van der Waals surface area contributed by atoms with E-state index in [1.807, 2.05) is 18.2 Å². The van der Waals surface area contributed by atoms with Gasteiger partial charge in [0.1, 0.15) is 16.8 Å². The van der Waals surface area contributed by atoms with Crippen LogP contribution in [0.15, 0.2) is 71.6 Å². The second kappa shape index (κ2) is 7.71. The first-order valence-corrected chi connectivity index (χ1v) is 11.4. The molecule has 0 amide bonds. The summed E-state index contributed by atoms with van der Waals surface area (Å²) < 4.78 is 41.8. The highest BCUT2D eigenvalue weighted by Gasteiger charge is 2.34. The number of anilines is 2. The predicted molar refractivity (Wildman–Crippen MR) is 119 cm³/mol. The Balaban J connectivity index is 1.66. The van der Waals surface area contributed by atoms with Crippen molar-refractivity contribution in [3.8, 4) is 6.07 Å². The first-order chi connectivity index (χ1) is 14.7. The largest absolute Gasteiger partial charge is 0.377 e. The number of nitrogens with one attached hydrogen (secondary N) is 2. The minimum Gasteiger partial charge on any atom is -0.377 e. The Hall–Kier alpha value is -3.37. The molecule has 0 aromatic heterocycles. The third kappa shape index (κ3) is 3.99. The van der Waals surface area contributed by atoms with Gasteiger partial charge in [0.2, 0.25) is 0 Å². The molecule has 0 saturated carbocycles. The molecule has 5 nitrogen and oxygen atoms in total. The zero-order valence-corrected chi connectivity index (χ0v) is 18.0. The van der Waals surface area contributed by atoms with Crippen LogP contribution in [0.5, 0.6) is 0 Å². The first-order valence-electron chi connectivity index (χ1n) is 9.89. The molecule has 1 aliphatic heterocycles. The van der Waals surface area contributed by atoms with Crippen LogP contribution in [-0.4, -0.2) is 8.42 Å². The SMILES string of the molecule is CC1(C)CC(c2cccc(NS(=O)(=O)c3ccccc3F)c2)Nc2c(C#N)cccc21. The van der Waals surface area contributed by atoms with Crippen molar-refractivity contribution >= 4 is 21.4 Å². The molecule has 1 heterocycles. The Morgan fingerprint density at radius 2 is 1.84 bits per heavy atom. The zero-order chi connectivity index (χ0) is 22.2. The number of rotatable bonds is 4. The third-order valence-electron chi connectivity index (χ3n) is 5.61. The molecule has 0 saturated heterocycles. The number of sulfonamides is 1. The van der Waals surface area contributed by atoms with Gasteiger partial charge in [-0.1, -0.05) is 50.2 Å². The minimum atomic E-state index is -4.06. The normalized spacial score (nSPS) is 17.2. The maximum Gasteiger partial charge on any atom is 0.264 e. The summed E-state index contributed by atoms with van der Waals surface area (Å²) in [6, 6.07) is 20.1. The van der Waals surface area contributed by atoms with Gasteiger partial charge in [0.25, 0.3) is 10.0 Å². The van der Waals surface area contributed by atoms with E-state index in [9.17, 15) is 18.1 Å². The lowest BCUT2D eigenvalue weighted by Gasteiger charge is -2.39. The Bertz CT molecular complexity index is 1300. The summed E-state index contributed by atoms with van der Waals surface area (Å²) in [5.74, 6) is -0.803. The lowest BCUT2D eigenvalue weighted by atomic mass is 9.73. The summed E-state index contributed by atoms with van der Waals surface area (Å²) in [5, 5.41) is 13.0. The van der Waals surface area contributed by atoms with Crippen LogP contribution in [0.2, 0.25) is 0 Å². The van der Waals surface area contributed by atoms with Gasteiger partial charge in [-0.05, 0) is 53.3 Å². The molecular weight excluding hydrogens is 413 g/mol. The second-order valence-corrected chi connectivity index (χ2v) is 9.94. The quantitative estimate of drug-likeness (QED) is 0.580. The van der Waals surface area contributed by atoms with Gasteiger partial charge in [-0.2, -0.15) is 5.26 Å². The fourth-order valence-electron chi connectivity index (χ4n) is 4.10. The zero-order valence-electron chi connectivity index (χ0n) is 17.2. The van der Waals surface area contributed by atoms with Gasteiger partial charge >= 0.3 is 0 Å². The average Bonchev–Trinajstić information content (AvgIpc) is 2.73. The van der Waals surface area contributed by atoms with Crippen LogP contribution in [-0.2, 0) is 15.4 Å². The summed E-state index contributed by atoms with van der Waals surface area (Å²) in [6.07, 6.45) is 0.762. The topological polar surface area (TPSA) is 82.0 Å². The van der Waals surface area contributed by atoms with Gasteiger partial charge in [0.15, 0.2) is 0 Å². The highest BCUT2D eigenvalue weighted by molar-refractivity contribution is 7.92. The fourth-order valence-corrected chi connectivity index (χ4v) is 5.23. The van der Waals surface area contributed by atoms with Crippen LogP contribution in [0.3, 0.4) is 0 Å². The van der Waals surface area contributed by atoms with E-state index in [1.165, 1.54) is 18.2 Å². The fraction of sp³-hybridized carbons (Fsp3) is 0.208. The highest BCUT2D eigenvalue weighted by atomic mass is 32.2. The van der Waals surface area contributed by atoms with Crippen LogP contribution in [0, 0.1) is 17.1 Å². The molecular formula is C24H22FN3O2S. The molecule has 31 heavy (non-hydrogen) atoms. The lowest BCUT2D eigenvalue weighted by molar-refractivity contribution is 0.427. The van der Waals surface area contributed by atoms with Gasteiger partial charge in [-0.25, -0.2) is 12.8 Å². The third-order valence-corrected chi connectivity index (χ3v) is 7.03. The molecule has 3 aromatic carbocycles. The van der Waals surface area contributed by atoms with Crippen LogP contribution in [0.25, 0.3) is 0 Å². The van der Waals surface area contributed by atoms with Crippen molar-refractivity contribution in [3.63, 3.8) is 0 Å². The van der Waals surface area contributed by atoms with Crippen LogP contribution >= 0.6 is 0 Å². The molecule has 0 fully saturated rings. The molecule has 1 aliphatic rings. The number of nitriles is 1. The van der Waals surface area contributed by atoms with Crippen LogP contribution < -0.4 is 10.0 Å². The van der Waals surface area contributed by atoms with Gasteiger partial charge < -0.3 is 5.32 Å². The van der Waals surface area contributed by atoms with E-state index in [0.717, 1.165) is 29.3 Å². The number of hydrogen-bond acceptors (Lipinski definition) is 4. The molecule has 4 rings (SSSR count). The molecule has 0 aliphatic carbocycles. The van der Waals surface area contributed by atoms with Crippen molar-refractivity contribution in [2.45, 2.75) is 36.6 Å². The van der Waals surface area contributed by atoms with Crippen molar-refractivity contribution < 1.29 is 12.8 Å². The Kier molecular flexibility index (Phi) is 5.19. The van der Waals surface area contributed by atoms with Crippen molar-refractivity contribution in [2.24, 2.45) is 0 Å². The number of benzene rings is 3. The predicted octanol–water partition coefficient (Wildman–Crippen LogP) is 5.33. The molecule has 2 N–H and O–H groups in total. The van der Waals surface area contributed by atoms with Gasteiger partial charge in [0.05, 0.1) is 17.3 Å². The van der Waals surface area contributed by atoms with E-state index in [-0.39, 0.29) is 11.5 Å². The smallest absolute Gasteiger partial charge is 0.264 e. The van der Waals surface area contributed by atoms with Gasteiger partial charge in [-0.15, -0.1) is 0 Å². The van der Waals surface area contributed by atoms with Crippen molar-refractivity contribution in [1.29, 1.82) is 5.26 Å². The second-order valence-electron chi connectivity index (χ2n) is 8.29. The number of para-hydroxylation sites is 1. The number of halogens is 1. The Morgan fingerprint density at radius 1 is 1.10 bits per heavy atom. The molecule has 0 radical (unpaired) electrons. The van der Waals surface area contributed by atoms with Crippen LogP contribution in [0.1, 0.15) is 43.0 Å². The van der Waals surface area contributed by atoms with Gasteiger partial charge in [0, 0.05) is 5.69 Å². The summed E-state index contributed by atoms with van der Waals surface area (Å²) in [5.41, 5.74) is 3.51. The number of nitrogens with zero attached hydrogens (tertiary/aromatic N) is 1. The average molecular weight is 436 g/mol. The van der Waals surface area contributed by atoms with Crippen molar-refractivity contribution in [2.75, 3.05) is 10.0 Å². The maximum atomic E-state index is 14.0. The molecule has 0 spiro atoms. The Labute approximate surface area is 181 Å². The van der Waals surface area contributed by atoms with Crippen LogP contribution in [0.4, 0.5) is 15.8 Å². The lowest BCUT2D eigenvalue weighted by Crippen LogP contribution is -2.31. The van der Waals surface area contributed by atoms with E-state index in [2.05, 4.69) is 30.0 Å². The maximum absolute atomic E-state index is 14.0. The van der Waals surface area contributed by atoms with E-state index < -0.39 is 20.7 Å². The molecule has 158 valence electrons. The monoisotopic (exact) mass is 435 g/mol. The molecule has 3 aromatic rings. The van der Waals surface area contributed by atoms with E-state index in [4.69, 9.17) is 0 Å². The standard InChI is InChI=1S/C24H22FN3O2S/c1-24(2)14-21(27-23-17(15-26)8-6-10-19(23)24)16-7-5-9-18(13-16)28-31(29,30)22-12-4-3-11-20(22)25/h3-13,21,27-28H,14H2,1-2H3. The highest BCUT2D eigenvalue weighted by Crippen LogP contribution is 2.45. The van der Waals surface area contributed by atoms with E-state index in [0.29, 0.717) is 11.3 Å². The van der Waals surface area contributed by atoms with E-state index in [1.54, 1.807) is 24.3 Å².